The summed E-state index contributed by atoms with van der Waals surface area (Å²) in [4.78, 5) is 10.6. The Morgan fingerprint density at radius 1 is 1.46 bits per heavy atom. The van der Waals surface area contributed by atoms with Crippen LogP contribution in [0.3, 0.4) is 0 Å². The van der Waals surface area contributed by atoms with Crippen LogP contribution < -0.4 is 0 Å². The van der Waals surface area contributed by atoms with Crippen molar-refractivity contribution in [3.8, 4) is 0 Å². The van der Waals surface area contributed by atoms with Gasteiger partial charge in [0.2, 0.25) is 0 Å². The maximum absolute atomic E-state index is 10.6. The molecule has 1 rings (SSSR count). The van der Waals surface area contributed by atoms with Gasteiger partial charge in [-0.1, -0.05) is 20.8 Å². The molecule has 1 unspecified atom stereocenters. The van der Waals surface area contributed by atoms with Crippen LogP contribution in [0.15, 0.2) is 0 Å². The largest absolute Gasteiger partial charge is 0.481 e. The summed E-state index contributed by atoms with van der Waals surface area (Å²) in [6.45, 7) is 7.73. The number of hydrogen-bond donors (Lipinski definition) is 1. The van der Waals surface area contributed by atoms with Crippen LogP contribution in [-0.2, 0) is 9.53 Å². The average Bonchev–Trinajstić information content (AvgIpc) is 1.79. The molecule has 0 saturated carbocycles. The Kier molecular flexibility index (Phi) is 2.96. The molecule has 1 atom stereocenters. The number of carboxylic acid groups (broad SMARTS) is 1. The van der Waals surface area contributed by atoms with Gasteiger partial charge in [0.05, 0.1) is 13.2 Å². The molecule has 3 nitrogen and oxygen atoms in total. The summed E-state index contributed by atoms with van der Waals surface area (Å²) in [6, 6.07) is 0. The minimum atomic E-state index is -0.709. The smallest absolute Gasteiger partial charge is 0.303 e. The summed E-state index contributed by atoms with van der Waals surface area (Å²) in [5, 5.41) is 8.71. The van der Waals surface area contributed by atoms with Crippen molar-refractivity contribution in [2.45, 2.75) is 27.2 Å². The number of aliphatic carboxylic acids is 1. The van der Waals surface area contributed by atoms with Crippen LogP contribution in [0.4, 0.5) is 0 Å². The predicted molar refractivity (Wildman–Crippen MR) is 49.5 cm³/mol. The van der Waals surface area contributed by atoms with Gasteiger partial charge in [0, 0.05) is 11.8 Å². The molecule has 1 heterocycles. The first-order valence-corrected chi connectivity index (χ1v) is 4.78. The number of carbonyl (C=O) groups is 1. The van der Waals surface area contributed by atoms with Gasteiger partial charge >= 0.3 is 5.97 Å². The summed E-state index contributed by atoms with van der Waals surface area (Å²) in [6.07, 6.45) is 0.252. The SMILES string of the molecule is CC(C)C1(C(C)CC(=O)O)COC1. The molecule has 76 valence electrons. The predicted octanol–water partition coefficient (Wildman–Crippen LogP) is 1.77. The first kappa shape index (κ1) is 10.5. The van der Waals surface area contributed by atoms with Crippen molar-refractivity contribution in [3.63, 3.8) is 0 Å². The quantitative estimate of drug-likeness (QED) is 0.727. The number of rotatable bonds is 4. The maximum Gasteiger partial charge on any atom is 0.303 e. The lowest BCUT2D eigenvalue weighted by atomic mass is 9.66. The van der Waals surface area contributed by atoms with E-state index in [1.54, 1.807) is 0 Å². The molecule has 1 aliphatic heterocycles. The Morgan fingerprint density at radius 3 is 2.23 bits per heavy atom. The van der Waals surface area contributed by atoms with Crippen molar-refractivity contribution in [3.05, 3.63) is 0 Å². The molecule has 0 aromatic rings. The molecule has 0 aromatic carbocycles. The van der Waals surface area contributed by atoms with E-state index in [0.717, 1.165) is 13.2 Å². The molecule has 1 aliphatic rings. The van der Waals surface area contributed by atoms with Crippen molar-refractivity contribution in [1.29, 1.82) is 0 Å². The van der Waals surface area contributed by atoms with Crippen LogP contribution >= 0.6 is 0 Å². The van der Waals surface area contributed by atoms with Gasteiger partial charge in [0.1, 0.15) is 0 Å². The Morgan fingerprint density at radius 2 is 2.00 bits per heavy atom. The molecule has 0 aromatic heterocycles. The summed E-state index contributed by atoms with van der Waals surface area (Å²) in [5.41, 5.74) is 0.110. The number of hydrogen-bond acceptors (Lipinski definition) is 2. The highest BCUT2D eigenvalue weighted by atomic mass is 16.5. The van der Waals surface area contributed by atoms with Crippen LogP contribution in [-0.4, -0.2) is 24.3 Å². The highest BCUT2D eigenvalue weighted by Gasteiger charge is 2.46. The third-order valence-corrected chi connectivity index (χ3v) is 3.35. The van der Waals surface area contributed by atoms with E-state index in [9.17, 15) is 4.79 Å². The minimum Gasteiger partial charge on any atom is -0.481 e. The second kappa shape index (κ2) is 3.66. The zero-order valence-corrected chi connectivity index (χ0v) is 8.54. The van der Waals surface area contributed by atoms with Crippen molar-refractivity contribution < 1.29 is 14.6 Å². The van der Waals surface area contributed by atoms with Gasteiger partial charge < -0.3 is 9.84 Å². The highest BCUT2D eigenvalue weighted by molar-refractivity contribution is 5.67. The van der Waals surface area contributed by atoms with E-state index in [1.165, 1.54) is 0 Å². The van der Waals surface area contributed by atoms with Gasteiger partial charge in [-0.3, -0.25) is 4.79 Å². The first-order chi connectivity index (χ1) is 5.99. The van der Waals surface area contributed by atoms with E-state index in [2.05, 4.69) is 13.8 Å². The third-order valence-electron chi connectivity index (χ3n) is 3.35. The van der Waals surface area contributed by atoms with Crippen molar-refractivity contribution in [1.82, 2.24) is 0 Å². The van der Waals surface area contributed by atoms with E-state index in [4.69, 9.17) is 9.84 Å². The molecule has 13 heavy (non-hydrogen) atoms. The molecule has 1 saturated heterocycles. The van der Waals surface area contributed by atoms with Gasteiger partial charge in [-0.25, -0.2) is 0 Å². The summed E-state index contributed by atoms with van der Waals surface area (Å²) in [5.74, 6) is -0.00576. The third kappa shape index (κ3) is 1.85. The Labute approximate surface area is 79.1 Å². The van der Waals surface area contributed by atoms with Crippen LogP contribution in [0.1, 0.15) is 27.2 Å². The molecule has 0 spiro atoms. The maximum atomic E-state index is 10.6. The zero-order chi connectivity index (χ0) is 10.1. The van der Waals surface area contributed by atoms with Gasteiger partial charge in [-0.05, 0) is 11.8 Å². The highest BCUT2D eigenvalue weighted by Crippen LogP contribution is 2.44. The second-order valence-corrected chi connectivity index (χ2v) is 4.38. The molecule has 0 aliphatic carbocycles. The lowest BCUT2D eigenvalue weighted by molar-refractivity contribution is -0.174. The van der Waals surface area contributed by atoms with Crippen LogP contribution in [0.2, 0.25) is 0 Å². The number of carboxylic acids is 1. The van der Waals surface area contributed by atoms with Crippen LogP contribution in [0.25, 0.3) is 0 Å². The monoisotopic (exact) mass is 186 g/mol. The van der Waals surface area contributed by atoms with Gasteiger partial charge in [-0.15, -0.1) is 0 Å². The van der Waals surface area contributed by atoms with E-state index in [0.29, 0.717) is 5.92 Å². The van der Waals surface area contributed by atoms with Crippen molar-refractivity contribution in [2.75, 3.05) is 13.2 Å². The van der Waals surface area contributed by atoms with Gasteiger partial charge in [-0.2, -0.15) is 0 Å². The van der Waals surface area contributed by atoms with E-state index in [-0.39, 0.29) is 17.8 Å². The molecule has 0 radical (unpaired) electrons. The van der Waals surface area contributed by atoms with Gasteiger partial charge in [0.25, 0.3) is 0 Å². The van der Waals surface area contributed by atoms with Crippen molar-refractivity contribution in [2.24, 2.45) is 17.3 Å². The van der Waals surface area contributed by atoms with Gasteiger partial charge in [0.15, 0.2) is 0 Å². The summed E-state index contributed by atoms with van der Waals surface area (Å²) < 4.78 is 5.21. The normalized spacial score (nSPS) is 22.5. The Balaban J connectivity index is 2.60. The second-order valence-electron chi connectivity index (χ2n) is 4.38. The number of ether oxygens (including phenoxy) is 1. The lowest BCUT2D eigenvalue weighted by Crippen LogP contribution is -2.51. The van der Waals surface area contributed by atoms with E-state index in [1.807, 2.05) is 6.92 Å². The molecule has 1 fully saturated rings. The summed E-state index contributed by atoms with van der Waals surface area (Å²) in [7, 11) is 0. The minimum absolute atomic E-state index is 0.110. The molecular weight excluding hydrogens is 168 g/mol. The molecular formula is C10H18O3. The molecule has 3 heteroatoms. The fourth-order valence-electron chi connectivity index (χ4n) is 1.99. The molecule has 0 amide bonds. The van der Waals surface area contributed by atoms with Crippen molar-refractivity contribution >= 4 is 5.97 Å². The standard InChI is InChI=1S/C10H18O3/c1-7(2)10(5-13-6-10)8(3)4-9(11)12/h7-8H,4-6H2,1-3H3,(H,11,12). The van der Waals surface area contributed by atoms with E-state index >= 15 is 0 Å². The average molecular weight is 186 g/mol. The zero-order valence-electron chi connectivity index (χ0n) is 8.54. The fourth-order valence-corrected chi connectivity index (χ4v) is 1.99. The first-order valence-electron chi connectivity index (χ1n) is 4.78. The van der Waals surface area contributed by atoms with Crippen LogP contribution in [0, 0.1) is 17.3 Å². The molecule has 1 N–H and O–H groups in total. The Hall–Kier alpha value is -0.570. The van der Waals surface area contributed by atoms with E-state index < -0.39 is 5.97 Å². The topological polar surface area (TPSA) is 46.5 Å². The Bertz CT molecular complexity index is 194. The van der Waals surface area contributed by atoms with Crippen LogP contribution in [0.5, 0.6) is 0 Å². The summed E-state index contributed by atoms with van der Waals surface area (Å²) >= 11 is 0. The fraction of sp³-hybridized carbons (Fsp3) is 0.900. The lowest BCUT2D eigenvalue weighted by Gasteiger charge is -2.49. The molecule has 0 bridgehead atoms.